The molecule has 0 aliphatic carbocycles. The number of hydrogen-bond acceptors (Lipinski definition) is 5. The summed E-state index contributed by atoms with van der Waals surface area (Å²) < 4.78 is 16.7. The normalized spacial score (nSPS) is 18.5. The van der Waals surface area contributed by atoms with Crippen LogP contribution in [0.2, 0.25) is 0 Å². The van der Waals surface area contributed by atoms with Crippen molar-refractivity contribution in [3.8, 4) is 17.2 Å². The van der Waals surface area contributed by atoms with Gasteiger partial charge < -0.3 is 24.4 Å². The van der Waals surface area contributed by atoms with Crippen LogP contribution in [0.25, 0.3) is 0 Å². The Bertz CT molecular complexity index is 822. The fourth-order valence-corrected chi connectivity index (χ4v) is 3.79. The molecule has 6 heteroatoms. The molecule has 2 heterocycles. The highest BCUT2D eigenvalue weighted by molar-refractivity contribution is 5.81. The maximum atomic E-state index is 12.9. The van der Waals surface area contributed by atoms with Gasteiger partial charge in [-0.05, 0) is 54.8 Å². The lowest BCUT2D eigenvalue weighted by Gasteiger charge is -2.26. The van der Waals surface area contributed by atoms with Gasteiger partial charge in [0.15, 0.2) is 11.5 Å². The van der Waals surface area contributed by atoms with Crippen molar-refractivity contribution >= 4 is 11.6 Å². The largest absolute Gasteiger partial charge is 0.497 e. The zero-order chi connectivity index (χ0) is 19.3. The van der Waals surface area contributed by atoms with Crippen LogP contribution >= 0.6 is 0 Å². The fraction of sp³-hybridized carbons (Fsp3) is 0.409. The molecule has 1 unspecified atom stereocenters. The monoisotopic (exact) mass is 382 g/mol. The highest BCUT2D eigenvalue weighted by Gasteiger charge is 2.30. The minimum Gasteiger partial charge on any atom is -0.497 e. The highest BCUT2D eigenvalue weighted by Crippen LogP contribution is 2.37. The standard InChI is InChI=1S/C22H26N2O4/c1-26-18-8-6-17(7-9-18)23-15-22(25)24-11-2-4-19(24)16-5-10-20-21(14-16)28-13-3-12-27-20/h5-10,14,19,23H,2-4,11-13,15H2,1H3. The Morgan fingerprint density at radius 3 is 2.68 bits per heavy atom. The first-order valence-electron chi connectivity index (χ1n) is 9.81. The van der Waals surface area contributed by atoms with Gasteiger partial charge in [-0.2, -0.15) is 0 Å². The lowest BCUT2D eigenvalue weighted by atomic mass is 10.0. The molecule has 0 radical (unpaired) electrons. The molecule has 2 aromatic carbocycles. The highest BCUT2D eigenvalue weighted by atomic mass is 16.5. The van der Waals surface area contributed by atoms with E-state index in [4.69, 9.17) is 14.2 Å². The molecule has 1 amide bonds. The summed E-state index contributed by atoms with van der Waals surface area (Å²) in [7, 11) is 1.64. The van der Waals surface area contributed by atoms with Crippen LogP contribution in [-0.2, 0) is 4.79 Å². The molecular weight excluding hydrogens is 356 g/mol. The number of carbonyl (C=O) groups is 1. The first-order chi connectivity index (χ1) is 13.7. The first kappa shape index (κ1) is 18.5. The number of hydrogen-bond donors (Lipinski definition) is 1. The second-order valence-electron chi connectivity index (χ2n) is 7.08. The van der Waals surface area contributed by atoms with Crippen molar-refractivity contribution in [2.45, 2.75) is 25.3 Å². The number of fused-ring (bicyclic) bond motifs is 1. The Morgan fingerprint density at radius 1 is 1.11 bits per heavy atom. The van der Waals surface area contributed by atoms with E-state index in [2.05, 4.69) is 11.4 Å². The van der Waals surface area contributed by atoms with E-state index < -0.39 is 0 Å². The number of likely N-dealkylation sites (tertiary alicyclic amines) is 1. The van der Waals surface area contributed by atoms with Crippen LogP contribution in [0, 0.1) is 0 Å². The summed E-state index contributed by atoms with van der Waals surface area (Å²) >= 11 is 0. The van der Waals surface area contributed by atoms with E-state index in [-0.39, 0.29) is 18.5 Å². The number of nitrogens with zero attached hydrogens (tertiary/aromatic N) is 1. The molecule has 1 saturated heterocycles. The van der Waals surface area contributed by atoms with Gasteiger partial charge in [-0.25, -0.2) is 0 Å². The molecule has 1 atom stereocenters. The third-order valence-electron chi connectivity index (χ3n) is 5.26. The minimum atomic E-state index is 0.0855. The van der Waals surface area contributed by atoms with Gasteiger partial charge in [-0.15, -0.1) is 0 Å². The first-order valence-corrected chi connectivity index (χ1v) is 9.81. The van der Waals surface area contributed by atoms with Gasteiger partial charge >= 0.3 is 0 Å². The quantitative estimate of drug-likeness (QED) is 0.856. The smallest absolute Gasteiger partial charge is 0.242 e. The van der Waals surface area contributed by atoms with Gasteiger partial charge in [0.05, 0.1) is 32.9 Å². The van der Waals surface area contributed by atoms with E-state index in [0.717, 1.165) is 54.3 Å². The lowest BCUT2D eigenvalue weighted by Crippen LogP contribution is -2.35. The molecule has 0 aromatic heterocycles. The van der Waals surface area contributed by atoms with Crippen LogP contribution in [0.1, 0.15) is 30.9 Å². The van der Waals surface area contributed by atoms with Crippen molar-refractivity contribution in [1.82, 2.24) is 4.90 Å². The molecule has 1 fully saturated rings. The molecular formula is C22H26N2O4. The van der Waals surface area contributed by atoms with E-state index >= 15 is 0 Å². The van der Waals surface area contributed by atoms with E-state index in [0.29, 0.717) is 13.2 Å². The molecule has 4 rings (SSSR count). The summed E-state index contributed by atoms with van der Waals surface area (Å²) in [5.74, 6) is 2.47. The average molecular weight is 382 g/mol. The van der Waals surface area contributed by atoms with Crippen molar-refractivity contribution in [1.29, 1.82) is 0 Å². The van der Waals surface area contributed by atoms with Crippen molar-refractivity contribution in [2.75, 3.05) is 38.7 Å². The summed E-state index contributed by atoms with van der Waals surface area (Å²) in [5.41, 5.74) is 2.01. The molecule has 2 aliphatic heterocycles. The lowest BCUT2D eigenvalue weighted by molar-refractivity contribution is -0.130. The molecule has 148 valence electrons. The molecule has 2 aromatic rings. The van der Waals surface area contributed by atoms with Crippen molar-refractivity contribution < 1.29 is 19.0 Å². The van der Waals surface area contributed by atoms with Crippen LogP contribution < -0.4 is 19.5 Å². The summed E-state index contributed by atoms with van der Waals surface area (Å²) in [4.78, 5) is 14.8. The molecule has 0 spiro atoms. The average Bonchev–Trinajstić information content (AvgIpc) is 3.11. The number of amides is 1. The predicted octanol–water partition coefficient (Wildman–Crippen LogP) is 3.63. The van der Waals surface area contributed by atoms with Crippen LogP contribution in [-0.4, -0.2) is 44.2 Å². The van der Waals surface area contributed by atoms with Gasteiger partial charge in [0.1, 0.15) is 5.75 Å². The molecule has 6 nitrogen and oxygen atoms in total. The molecule has 28 heavy (non-hydrogen) atoms. The Morgan fingerprint density at radius 2 is 1.89 bits per heavy atom. The third kappa shape index (κ3) is 4.01. The Labute approximate surface area is 165 Å². The van der Waals surface area contributed by atoms with Crippen LogP contribution in [0.5, 0.6) is 17.2 Å². The number of anilines is 1. The maximum Gasteiger partial charge on any atom is 0.242 e. The number of methoxy groups -OCH3 is 1. The van der Waals surface area contributed by atoms with Crippen LogP contribution in [0.4, 0.5) is 5.69 Å². The summed E-state index contributed by atoms with van der Waals surface area (Å²) in [6.07, 6.45) is 2.86. The fourth-order valence-electron chi connectivity index (χ4n) is 3.79. The number of carbonyl (C=O) groups excluding carboxylic acids is 1. The summed E-state index contributed by atoms with van der Waals surface area (Å²) in [6, 6.07) is 13.7. The molecule has 0 saturated carbocycles. The van der Waals surface area contributed by atoms with E-state index in [1.54, 1.807) is 7.11 Å². The van der Waals surface area contributed by atoms with Gasteiger partial charge in [-0.1, -0.05) is 6.07 Å². The summed E-state index contributed by atoms with van der Waals surface area (Å²) in [5, 5.41) is 3.21. The number of nitrogens with one attached hydrogen (secondary N) is 1. The number of rotatable bonds is 5. The summed E-state index contributed by atoms with van der Waals surface area (Å²) in [6.45, 7) is 2.39. The van der Waals surface area contributed by atoms with E-state index in [1.807, 2.05) is 41.3 Å². The predicted molar refractivity (Wildman–Crippen MR) is 107 cm³/mol. The number of benzene rings is 2. The number of ether oxygens (including phenoxy) is 3. The van der Waals surface area contributed by atoms with Crippen molar-refractivity contribution in [3.05, 3.63) is 48.0 Å². The van der Waals surface area contributed by atoms with Gasteiger partial charge in [0.25, 0.3) is 0 Å². The van der Waals surface area contributed by atoms with Crippen LogP contribution in [0.15, 0.2) is 42.5 Å². The topological polar surface area (TPSA) is 60.0 Å². The Balaban J connectivity index is 1.42. The van der Waals surface area contributed by atoms with E-state index in [9.17, 15) is 4.79 Å². The molecule has 2 aliphatic rings. The van der Waals surface area contributed by atoms with Crippen molar-refractivity contribution in [3.63, 3.8) is 0 Å². The zero-order valence-corrected chi connectivity index (χ0v) is 16.1. The van der Waals surface area contributed by atoms with Crippen LogP contribution in [0.3, 0.4) is 0 Å². The minimum absolute atomic E-state index is 0.0855. The van der Waals surface area contributed by atoms with Gasteiger partial charge in [0, 0.05) is 18.7 Å². The molecule has 1 N–H and O–H groups in total. The Hall–Kier alpha value is -2.89. The second kappa shape index (κ2) is 8.42. The third-order valence-corrected chi connectivity index (χ3v) is 5.26. The van der Waals surface area contributed by atoms with Gasteiger partial charge in [0.2, 0.25) is 5.91 Å². The Kier molecular flexibility index (Phi) is 5.55. The van der Waals surface area contributed by atoms with Crippen molar-refractivity contribution in [2.24, 2.45) is 0 Å². The zero-order valence-electron chi connectivity index (χ0n) is 16.1. The van der Waals surface area contributed by atoms with Gasteiger partial charge in [-0.3, -0.25) is 4.79 Å². The van der Waals surface area contributed by atoms with E-state index in [1.165, 1.54) is 0 Å². The second-order valence-corrected chi connectivity index (χ2v) is 7.08. The SMILES string of the molecule is COc1ccc(NCC(=O)N2CCCC2c2ccc3c(c2)OCCCO3)cc1. The molecule has 0 bridgehead atoms. The maximum absolute atomic E-state index is 12.9.